The van der Waals surface area contributed by atoms with Gasteiger partial charge in [-0.3, -0.25) is 4.79 Å². The predicted octanol–water partition coefficient (Wildman–Crippen LogP) is 2.16. The van der Waals surface area contributed by atoms with E-state index >= 15 is 0 Å². The smallest absolute Gasteiger partial charge is 0.248 e. The van der Waals surface area contributed by atoms with Crippen molar-refractivity contribution >= 4 is 22.5 Å². The highest BCUT2D eigenvalue weighted by Gasteiger charge is 2.27. The maximum Gasteiger partial charge on any atom is 0.248 e. The molecule has 1 aliphatic rings. The second-order valence-corrected chi connectivity index (χ2v) is 4.74. The summed E-state index contributed by atoms with van der Waals surface area (Å²) in [5.74, 6) is 0.530. The standard InChI is InChI=1S/C14H15N3O2/c1-8-5-11(14(18)17-16-8)12-7-15-13-4-3-9(19-2)6-10(12)13/h3-4,6-7,11,15H,5H2,1-2H3,(H,17,18). The first-order valence-electron chi connectivity index (χ1n) is 6.17. The molecule has 1 amide bonds. The second-order valence-electron chi connectivity index (χ2n) is 4.74. The van der Waals surface area contributed by atoms with Crippen molar-refractivity contribution in [2.75, 3.05) is 7.11 Å². The second kappa shape index (κ2) is 4.42. The van der Waals surface area contributed by atoms with Gasteiger partial charge in [0, 0.05) is 29.2 Å². The van der Waals surface area contributed by atoms with Crippen LogP contribution in [0, 0.1) is 0 Å². The Kier molecular flexibility index (Phi) is 2.74. The molecule has 5 nitrogen and oxygen atoms in total. The number of nitrogens with one attached hydrogen (secondary N) is 2. The van der Waals surface area contributed by atoms with Gasteiger partial charge in [0.2, 0.25) is 5.91 Å². The molecule has 98 valence electrons. The first kappa shape index (κ1) is 11.8. The predicted molar refractivity (Wildman–Crippen MR) is 73.5 cm³/mol. The summed E-state index contributed by atoms with van der Waals surface area (Å²) >= 11 is 0. The Morgan fingerprint density at radius 3 is 3.05 bits per heavy atom. The molecule has 0 fully saturated rings. The van der Waals surface area contributed by atoms with Crippen LogP contribution in [0.1, 0.15) is 24.8 Å². The lowest BCUT2D eigenvalue weighted by Crippen LogP contribution is -2.32. The van der Waals surface area contributed by atoms with Crippen molar-refractivity contribution in [1.29, 1.82) is 0 Å². The van der Waals surface area contributed by atoms with Crippen LogP contribution in [0.25, 0.3) is 10.9 Å². The molecule has 5 heteroatoms. The van der Waals surface area contributed by atoms with E-state index in [0.717, 1.165) is 27.9 Å². The van der Waals surface area contributed by atoms with Crippen molar-refractivity contribution in [3.05, 3.63) is 30.0 Å². The van der Waals surface area contributed by atoms with Gasteiger partial charge in [-0.15, -0.1) is 0 Å². The number of aromatic amines is 1. The van der Waals surface area contributed by atoms with Gasteiger partial charge < -0.3 is 9.72 Å². The van der Waals surface area contributed by atoms with Crippen LogP contribution >= 0.6 is 0 Å². The summed E-state index contributed by atoms with van der Waals surface area (Å²) in [4.78, 5) is 15.2. The Bertz CT molecular complexity index is 672. The van der Waals surface area contributed by atoms with Gasteiger partial charge in [-0.25, -0.2) is 5.43 Å². The van der Waals surface area contributed by atoms with Crippen molar-refractivity contribution in [2.45, 2.75) is 19.3 Å². The molecule has 2 aromatic rings. The fourth-order valence-electron chi connectivity index (χ4n) is 2.45. The number of hydrogen-bond donors (Lipinski definition) is 2. The van der Waals surface area contributed by atoms with Crippen LogP contribution < -0.4 is 10.2 Å². The maximum absolute atomic E-state index is 12.0. The largest absolute Gasteiger partial charge is 0.497 e. The van der Waals surface area contributed by atoms with Crippen molar-refractivity contribution in [1.82, 2.24) is 10.4 Å². The topological polar surface area (TPSA) is 66.5 Å². The highest BCUT2D eigenvalue weighted by molar-refractivity contribution is 5.99. The molecule has 2 heterocycles. The van der Waals surface area contributed by atoms with E-state index in [0.29, 0.717) is 6.42 Å². The molecule has 19 heavy (non-hydrogen) atoms. The average molecular weight is 257 g/mol. The number of methoxy groups -OCH3 is 1. The zero-order valence-corrected chi connectivity index (χ0v) is 10.9. The first-order chi connectivity index (χ1) is 9.19. The third kappa shape index (κ3) is 1.97. The van der Waals surface area contributed by atoms with E-state index < -0.39 is 0 Å². The molecule has 1 unspecified atom stereocenters. The highest BCUT2D eigenvalue weighted by Crippen LogP contribution is 2.32. The summed E-state index contributed by atoms with van der Waals surface area (Å²) < 4.78 is 5.24. The SMILES string of the molecule is COc1ccc2[nH]cc(C3CC(C)=NNC3=O)c2c1. The Balaban J connectivity index is 2.09. The zero-order chi connectivity index (χ0) is 13.4. The molecular weight excluding hydrogens is 242 g/mol. The molecule has 3 rings (SSSR count). The van der Waals surface area contributed by atoms with Gasteiger partial charge in [0.25, 0.3) is 0 Å². The maximum atomic E-state index is 12.0. The summed E-state index contributed by atoms with van der Waals surface area (Å²) in [7, 11) is 1.64. The molecule has 0 aliphatic carbocycles. The minimum atomic E-state index is -0.196. The molecule has 1 atom stereocenters. The van der Waals surface area contributed by atoms with E-state index in [1.807, 2.05) is 31.3 Å². The number of rotatable bonds is 2. The molecule has 0 saturated heterocycles. The molecule has 1 aliphatic heterocycles. The number of fused-ring (bicyclic) bond motifs is 1. The third-order valence-electron chi connectivity index (χ3n) is 3.47. The minimum absolute atomic E-state index is 0.0608. The average Bonchev–Trinajstić information content (AvgIpc) is 2.84. The van der Waals surface area contributed by atoms with Crippen molar-refractivity contribution in [3.63, 3.8) is 0 Å². The van der Waals surface area contributed by atoms with E-state index in [9.17, 15) is 4.79 Å². The molecule has 1 aromatic carbocycles. The first-order valence-corrected chi connectivity index (χ1v) is 6.17. The van der Waals surface area contributed by atoms with Gasteiger partial charge in [0.15, 0.2) is 0 Å². The summed E-state index contributed by atoms with van der Waals surface area (Å²) in [6, 6.07) is 5.81. The van der Waals surface area contributed by atoms with Crippen LogP contribution in [0.3, 0.4) is 0 Å². The number of ether oxygens (including phenoxy) is 1. The number of hydrazone groups is 1. The molecule has 0 saturated carbocycles. The lowest BCUT2D eigenvalue weighted by Gasteiger charge is -2.19. The summed E-state index contributed by atoms with van der Waals surface area (Å²) in [6.45, 7) is 1.92. The van der Waals surface area contributed by atoms with Crippen molar-refractivity contribution < 1.29 is 9.53 Å². The van der Waals surface area contributed by atoms with Gasteiger partial charge in [0.05, 0.1) is 13.0 Å². The Hall–Kier alpha value is -2.30. The van der Waals surface area contributed by atoms with Gasteiger partial charge >= 0.3 is 0 Å². The Morgan fingerprint density at radius 1 is 1.42 bits per heavy atom. The van der Waals surface area contributed by atoms with E-state index in [1.54, 1.807) is 7.11 Å². The monoisotopic (exact) mass is 257 g/mol. The quantitative estimate of drug-likeness (QED) is 0.865. The van der Waals surface area contributed by atoms with Crippen molar-refractivity contribution in [2.24, 2.45) is 5.10 Å². The lowest BCUT2D eigenvalue weighted by molar-refractivity contribution is -0.122. The Morgan fingerprint density at radius 2 is 2.26 bits per heavy atom. The van der Waals surface area contributed by atoms with Crippen LogP contribution in [0.15, 0.2) is 29.5 Å². The highest BCUT2D eigenvalue weighted by atomic mass is 16.5. The number of carbonyl (C=O) groups excluding carboxylic acids is 1. The van der Waals surface area contributed by atoms with Gasteiger partial charge in [-0.1, -0.05) is 0 Å². The molecule has 1 aromatic heterocycles. The van der Waals surface area contributed by atoms with E-state index in [-0.39, 0.29) is 11.8 Å². The fraction of sp³-hybridized carbons (Fsp3) is 0.286. The van der Waals surface area contributed by atoms with E-state index in [4.69, 9.17) is 4.74 Å². The lowest BCUT2D eigenvalue weighted by atomic mass is 9.92. The summed E-state index contributed by atoms with van der Waals surface area (Å²) in [5, 5.41) is 4.99. The molecule has 2 N–H and O–H groups in total. The molecule has 0 radical (unpaired) electrons. The van der Waals surface area contributed by atoms with Crippen LogP contribution in [-0.4, -0.2) is 23.7 Å². The van der Waals surface area contributed by atoms with Crippen LogP contribution in [0.5, 0.6) is 5.75 Å². The summed E-state index contributed by atoms with van der Waals surface area (Å²) in [6.07, 6.45) is 2.54. The normalized spacial score (nSPS) is 19.2. The fourth-order valence-corrected chi connectivity index (χ4v) is 2.45. The summed E-state index contributed by atoms with van der Waals surface area (Å²) in [5.41, 5.74) is 5.49. The minimum Gasteiger partial charge on any atom is -0.497 e. The number of benzene rings is 1. The number of amides is 1. The number of H-pyrrole nitrogens is 1. The molecular formula is C14H15N3O2. The van der Waals surface area contributed by atoms with E-state index in [1.165, 1.54) is 0 Å². The van der Waals surface area contributed by atoms with Crippen LogP contribution in [-0.2, 0) is 4.79 Å². The third-order valence-corrected chi connectivity index (χ3v) is 3.47. The van der Waals surface area contributed by atoms with Gasteiger partial charge in [-0.05, 0) is 30.7 Å². The van der Waals surface area contributed by atoms with Crippen LogP contribution in [0.2, 0.25) is 0 Å². The van der Waals surface area contributed by atoms with Crippen LogP contribution in [0.4, 0.5) is 0 Å². The number of aromatic nitrogens is 1. The number of hydrogen-bond acceptors (Lipinski definition) is 3. The number of nitrogens with zero attached hydrogens (tertiary/aromatic N) is 1. The molecule has 0 spiro atoms. The van der Waals surface area contributed by atoms with Crippen molar-refractivity contribution in [3.8, 4) is 5.75 Å². The van der Waals surface area contributed by atoms with Gasteiger partial charge in [-0.2, -0.15) is 5.10 Å². The van der Waals surface area contributed by atoms with Gasteiger partial charge in [0.1, 0.15) is 5.75 Å². The molecule has 0 bridgehead atoms. The Labute approximate surface area is 110 Å². The van der Waals surface area contributed by atoms with E-state index in [2.05, 4.69) is 15.5 Å². The zero-order valence-electron chi connectivity index (χ0n) is 10.9. The number of carbonyl (C=O) groups is 1.